The molecule has 0 saturated carbocycles. The van der Waals surface area contributed by atoms with Crippen LogP contribution in [-0.4, -0.2) is 9.38 Å². The maximum atomic E-state index is 11.6. The van der Waals surface area contributed by atoms with E-state index < -0.39 is 0 Å². The molecular weight excluding hydrogens is 178 g/mol. The van der Waals surface area contributed by atoms with Crippen LogP contribution in [0, 0.1) is 5.21 Å². The first kappa shape index (κ1) is 7.32. The average Bonchev–Trinajstić information content (AvgIpc) is 2.66. The second-order valence-corrected chi connectivity index (χ2v) is 3.10. The number of fused-ring (bicyclic) bond motifs is 3. The van der Waals surface area contributed by atoms with E-state index in [0.717, 1.165) is 10.2 Å². The van der Waals surface area contributed by atoms with Crippen molar-refractivity contribution in [3.05, 3.63) is 48.1 Å². The average molecular weight is 185 g/mol. The molecule has 0 aliphatic rings. The molecule has 0 N–H and O–H groups in total. The fourth-order valence-corrected chi connectivity index (χ4v) is 1.64. The molecule has 2 heterocycles. The smallest absolute Gasteiger partial charge is 0.240 e. The van der Waals surface area contributed by atoms with Gasteiger partial charge in [-0.1, -0.05) is 12.1 Å². The van der Waals surface area contributed by atoms with E-state index in [1.54, 1.807) is 12.3 Å². The lowest BCUT2D eigenvalue weighted by Gasteiger charge is -2.02. The molecule has 0 fully saturated rings. The number of imidazole rings is 1. The van der Waals surface area contributed by atoms with E-state index in [1.807, 2.05) is 28.8 Å². The molecular formula is C10H7N3O. The monoisotopic (exact) mass is 185 g/mol. The van der Waals surface area contributed by atoms with Gasteiger partial charge in [-0.05, 0) is 6.07 Å². The van der Waals surface area contributed by atoms with E-state index in [2.05, 4.69) is 4.98 Å². The van der Waals surface area contributed by atoms with Crippen molar-refractivity contribution in [2.24, 2.45) is 0 Å². The number of aromatic nitrogens is 3. The normalized spacial score (nSPS) is 11.1. The summed E-state index contributed by atoms with van der Waals surface area (Å²) < 4.78 is 2.74. The predicted octanol–water partition coefficient (Wildman–Crippen LogP) is 1.12. The fourth-order valence-electron chi connectivity index (χ4n) is 1.64. The summed E-state index contributed by atoms with van der Waals surface area (Å²) in [5.74, 6) is 0. The van der Waals surface area contributed by atoms with Gasteiger partial charge >= 0.3 is 0 Å². The molecule has 0 bridgehead atoms. The molecule has 1 aromatic carbocycles. The molecule has 4 nitrogen and oxygen atoms in total. The first-order chi connectivity index (χ1) is 6.86. The molecule has 68 valence electrons. The summed E-state index contributed by atoms with van der Waals surface area (Å²) in [5, 5.41) is 11.6. The minimum Gasteiger partial charge on any atom is -0.618 e. The Hall–Kier alpha value is -2.10. The van der Waals surface area contributed by atoms with Gasteiger partial charge in [0.2, 0.25) is 17.4 Å². The summed E-state index contributed by atoms with van der Waals surface area (Å²) in [5.41, 5.74) is 2.19. The Kier molecular flexibility index (Phi) is 1.28. The molecule has 2 aromatic heterocycles. The molecule has 0 atom stereocenters. The quantitative estimate of drug-likeness (QED) is 0.389. The van der Waals surface area contributed by atoms with E-state index >= 15 is 0 Å². The van der Waals surface area contributed by atoms with Crippen LogP contribution in [0.5, 0.6) is 0 Å². The zero-order valence-electron chi connectivity index (χ0n) is 7.29. The van der Waals surface area contributed by atoms with Gasteiger partial charge in [-0.15, -0.1) is 0 Å². The van der Waals surface area contributed by atoms with Gasteiger partial charge in [0.15, 0.2) is 0 Å². The van der Waals surface area contributed by atoms with Gasteiger partial charge in [0.1, 0.15) is 5.52 Å². The first-order valence-corrected chi connectivity index (χ1v) is 4.30. The third-order valence-corrected chi connectivity index (χ3v) is 2.28. The molecule has 0 spiro atoms. The topological polar surface area (TPSA) is 44.2 Å². The molecule has 0 aliphatic carbocycles. The lowest BCUT2D eigenvalue weighted by atomic mass is 10.3. The molecule has 4 heteroatoms. The number of hydrogen-bond acceptors (Lipinski definition) is 2. The maximum absolute atomic E-state index is 11.6. The SMILES string of the molecule is [O-][n+]1cc2nccn2c2ccccc21. The van der Waals surface area contributed by atoms with Crippen molar-refractivity contribution in [3.63, 3.8) is 0 Å². The number of benzene rings is 1. The molecule has 0 radical (unpaired) electrons. The lowest BCUT2D eigenvalue weighted by Crippen LogP contribution is -2.27. The van der Waals surface area contributed by atoms with E-state index in [9.17, 15) is 5.21 Å². The Morgan fingerprint density at radius 2 is 2.14 bits per heavy atom. The van der Waals surface area contributed by atoms with Gasteiger partial charge < -0.3 is 5.21 Å². The van der Waals surface area contributed by atoms with Crippen LogP contribution < -0.4 is 4.73 Å². The van der Waals surface area contributed by atoms with Crippen molar-refractivity contribution in [2.75, 3.05) is 0 Å². The highest BCUT2D eigenvalue weighted by atomic mass is 16.5. The van der Waals surface area contributed by atoms with Crippen LogP contribution in [0.2, 0.25) is 0 Å². The highest BCUT2D eigenvalue weighted by molar-refractivity contribution is 5.73. The Balaban J connectivity index is 2.67. The fraction of sp³-hybridized carbons (Fsp3) is 0. The highest BCUT2D eigenvalue weighted by Gasteiger charge is 2.07. The summed E-state index contributed by atoms with van der Waals surface area (Å²) in [6, 6.07) is 7.45. The Labute approximate surface area is 79.6 Å². The van der Waals surface area contributed by atoms with Crippen molar-refractivity contribution in [2.45, 2.75) is 0 Å². The van der Waals surface area contributed by atoms with Crippen molar-refractivity contribution in [1.82, 2.24) is 9.38 Å². The molecule has 3 aromatic rings. The molecule has 0 saturated heterocycles. The molecule has 0 aliphatic heterocycles. The molecule has 3 rings (SSSR count). The standard InChI is InChI=1S/C10H7N3O/c14-13-7-10-11-5-6-12(10)8-3-1-2-4-9(8)13/h1-7H. The van der Waals surface area contributed by atoms with Crippen LogP contribution in [0.15, 0.2) is 42.9 Å². The van der Waals surface area contributed by atoms with Crippen molar-refractivity contribution < 1.29 is 4.73 Å². The van der Waals surface area contributed by atoms with E-state index in [-0.39, 0.29) is 0 Å². The van der Waals surface area contributed by atoms with Crippen LogP contribution in [0.3, 0.4) is 0 Å². The summed E-state index contributed by atoms with van der Waals surface area (Å²) in [6.07, 6.45) is 5.00. The summed E-state index contributed by atoms with van der Waals surface area (Å²) in [4.78, 5) is 4.07. The second-order valence-electron chi connectivity index (χ2n) is 3.10. The third-order valence-electron chi connectivity index (χ3n) is 2.28. The number of rotatable bonds is 0. The van der Waals surface area contributed by atoms with Crippen LogP contribution >= 0.6 is 0 Å². The maximum Gasteiger partial charge on any atom is 0.240 e. The summed E-state index contributed by atoms with van der Waals surface area (Å²) >= 11 is 0. The largest absolute Gasteiger partial charge is 0.618 e. The van der Waals surface area contributed by atoms with Gasteiger partial charge in [0, 0.05) is 18.5 Å². The molecule has 14 heavy (non-hydrogen) atoms. The first-order valence-electron chi connectivity index (χ1n) is 4.30. The van der Waals surface area contributed by atoms with Gasteiger partial charge in [0.05, 0.1) is 0 Å². The van der Waals surface area contributed by atoms with Gasteiger partial charge in [-0.25, -0.2) is 4.98 Å². The highest BCUT2D eigenvalue weighted by Crippen LogP contribution is 2.10. The van der Waals surface area contributed by atoms with Gasteiger partial charge in [0.25, 0.3) is 0 Å². The zero-order chi connectivity index (χ0) is 9.54. The van der Waals surface area contributed by atoms with Crippen LogP contribution in [-0.2, 0) is 0 Å². The molecule has 0 unspecified atom stereocenters. The lowest BCUT2D eigenvalue weighted by molar-refractivity contribution is -0.576. The van der Waals surface area contributed by atoms with E-state index in [1.165, 1.54) is 6.20 Å². The van der Waals surface area contributed by atoms with Crippen LogP contribution in [0.25, 0.3) is 16.7 Å². The summed E-state index contributed by atoms with van der Waals surface area (Å²) in [7, 11) is 0. The van der Waals surface area contributed by atoms with Gasteiger partial charge in [-0.2, -0.15) is 4.73 Å². The Bertz CT molecular complexity index is 615. The third kappa shape index (κ3) is 0.821. The zero-order valence-corrected chi connectivity index (χ0v) is 7.29. The Morgan fingerprint density at radius 1 is 1.29 bits per heavy atom. The number of para-hydroxylation sites is 2. The Morgan fingerprint density at radius 3 is 3.07 bits per heavy atom. The van der Waals surface area contributed by atoms with Crippen LogP contribution in [0.4, 0.5) is 0 Å². The summed E-state index contributed by atoms with van der Waals surface area (Å²) in [6.45, 7) is 0. The van der Waals surface area contributed by atoms with Crippen molar-refractivity contribution in [3.8, 4) is 0 Å². The van der Waals surface area contributed by atoms with Crippen LogP contribution in [0.1, 0.15) is 0 Å². The number of nitrogens with zero attached hydrogens (tertiary/aromatic N) is 3. The second kappa shape index (κ2) is 2.45. The van der Waals surface area contributed by atoms with Crippen molar-refractivity contribution in [1.29, 1.82) is 0 Å². The van der Waals surface area contributed by atoms with Crippen molar-refractivity contribution >= 4 is 16.7 Å². The molecule has 0 amide bonds. The number of hydrogen-bond donors (Lipinski definition) is 0. The van der Waals surface area contributed by atoms with Gasteiger partial charge in [-0.3, -0.25) is 4.40 Å². The van der Waals surface area contributed by atoms with E-state index in [0.29, 0.717) is 11.2 Å². The minimum absolute atomic E-state index is 0.651. The van der Waals surface area contributed by atoms with E-state index in [4.69, 9.17) is 0 Å². The minimum atomic E-state index is 0.651. The predicted molar refractivity (Wildman–Crippen MR) is 51.7 cm³/mol.